The Morgan fingerprint density at radius 3 is 2.27 bits per heavy atom. The number of nitrogens with zero attached hydrogens (tertiary/aromatic N) is 1. The first kappa shape index (κ1) is 10.2. The van der Waals surface area contributed by atoms with Crippen molar-refractivity contribution in [2.75, 3.05) is 6.54 Å². The summed E-state index contributed by atoms with van der Waals surface area (Å²) >= 11 is 5.30. The van der Waals surface area contributed by atoms with Gasteiger partial charge in [0, 0.05) is 25.2 Å². The van der Waals surface area contributed by atoms with Crippen molar-refractivity contribution in [1.82, 2.24) is 4.42 Å². The van der Waals surface area contributed by atoms with Crippen LogP contribution in [0, 0.1) is 0 Å². The van der Waals surface area contributed by atoms with E-state index < -0.39 is 17.9 Å². The molecule has 0 aromatic heterocycles. The molecule has 0 saturated heterocycles. The van der Waals surface area contributed by atoms with Gasteiger partial charge in [-0.15, -0.1) is 0 Å². The molecule has 6 heteroatoms. The summed E-state index contributed by atoms with van der Waals surface area (Å²) in [5, 5.41) is 8.43. The third-order valence-electron chi connectivity index (χ3n) is 1.08. The molecule has 64 valence electrons. The quantitative estimate of drug-likeness (QED) is 0.568. The number of carbonyl (C=O) groups excluding carboxylic acids is 1. The Morgan fingerprint density at radius 2 is 2.18 bits per heavy atom. The van der Waals surface area contributed by atoms with Crippen molar-refractivity contribution in [3.8, 4) is 0 Å². The first-order chi connectivity index (χ1) is 5.00. The van der Waals surface area contributed by atoms with E-state index >= 15 is 0 Å². The minimum absolute atomic E-state index is 0.196. The summed E-state index contributed by atoms with van der Waals surface area (Å²) in [6, 6.07) is -1.14. The first-order valence-corrected chi connectivity index (χ1v) is 3.23. The second-order valence-electron chi connectivity index (χ2n) is 1.92. The van der Waals surface area contributed by atoms with Gasteiger partial charge in [0.1, 0.15) is 0 Å². The lowest BCUT2D eigenvalue weighted by Crippen LogP contribution is -2.43. The van der Waals surface area contributed by atoms with E-state index in [1.807, 2.05) is 0 Å². The molecular formula is C5H9ClN2O3. The summed E-state index contributed by atoms with van der Waals surface area (Å²) in [4.78, 5) is 20.8. The molecule has 0 aliphatic heterocycles. The molecule has 0 heterocycles. The lowest BCUT2D eigenvalue weighted by Gasteiger charge is -2.17. The summed E-state index contributed by atoms with van der Waals surface area (Å²) in [7, 11) is 0. The molecule has 1 amide bonds. The van der Waals surface area contributed by atoms with Gasteiger partial charge in [0.25, 0.3) is 0 Å². The van der Waals surface area contributed by atoms with Gasteiger partial charge in [-0.25, -0.2) is 9.21 Å². The molecule has 0 bridgehead atoms. The van der Waals surface area contributed by atoms with E-state index in [2.05, 4.69) is 0 Å². The number of hydrogen-bond donors (Lipinski definition) is 2. The molecule has 1 atom stereocenters. The highest BCUT2D eigenvalue weighted by molar-refractivity contribution is 6.22. The van der Waals surface area contributed by atoms with Crippen molar-refractivity contribution in [3.05, 3.63) is 0 Å². The minimum atomic E-state index is -1.21. The van der Waals surface area contributed by atoms with E-state index in [9.17, 15) is 9.59 Å². The number of aliphatic carboxylic acids is 1. The fraction of sp³-hybridized carbons (Fsp3) is 0.600. The number of hydrogen-bond acceptors (Lipinski definition) is 3. The molecule has 5 nitrogen and oxygen atoms in total. The van der Waals surface area contributed by atoms with Crippen LogP contribution in [0.25, 0.3) is 0 Å². The van der Waals surface area contributed by atoms with Crippen molar-refractivity contribution in [2.45, 2.75) is 13.0 Å². The monoisotopic (exact) mass is 180 g/mol. The number of carbonyl (C=O) groups is 2. The van der Waals surface area contributed by atoms with E-state index in [1.54, 1.807) is 0 Å². The zero-order valence-electron chi connectivity index (χ0n) is 5.95. The average molecular weight is 181 g/mol. The zero-order valence-corrected chi connectivity index (χ0v) is 6.71. The molecule has 0 aromatic rings. The third-order valence-corrected chi connectivity index (χ3v) is 1.56. The second kappa shape index (κ2) is 4.15. The van der Waals surface area contributed by atoms with Crippen LogP contribution in [-0.2, 0) is 9.59 Å². The topological polar surface area (TPSA) is 83.6 Å². The van der Waals surface area contributed by atoms with Crippen LogP contribution < -0.4 is 5.73 Å². The Hall–Kier alpha value is -0.810. The van der Waals surface area contributed by atoms with E-state index in [4.69, 9.17) is 22.6 Å². The van der Waals surface area contributed by atoms with E-state index in [0.29, 0.717) is 4.42 Å². The maximum atomic E-state index is 10.5. The Kier molecular flexibility index (Phi) is 3.84. The number of carboxylic acids is 1. The van der Waals surface area contributed by atoms with Gasteiger partial charge in [0.15, 0.2) is 6.04 Å². The SMILES string of the molecule is CC(=O)N(Cl)[C@@H](CN)C(=O)O. The van der Waals surface area contributed by atoms with Crippen molar-refractivity contribution >= 4 is 23.7 Å². The van der Waals surface area contributed by atoms with E-state index in [-0.39, 0.29) is 6.54 Å². The van der Waals surface area contributed by atoms with E-state index in [0.717, 1.165) is 0 Å². The van der Waals surface area contributed by atoms with Gasteiger partial charge in [0.05, 0.1) is 0 Å². The fourth-order valence-corrected chi connectivity index (χ4v) is 0.673. The van der Waals surface area contributed by atoms with Crippen molar-refractivity contribution < 1.29 is 14.7 Å². The predicted molar refractivity (Wildman–Crippen MR) is 38.9 cm³/mol. The van der Waals surface area contributed by atoms with Crippen LogP contribution in [0.5, 0.6) is 0 Å². The Balaban J connectivity index is 4.25. The maximum Gasteiger partial charge on any atom is 0.329 e. The molecule has 0 aliphatic rings. The summed E-state index contributed by atoms with van der Waals surface area (Å²) < 4.78 is 0.572. The van der Waals surface area contributed by atoms with Gasteiger partial charge >= 0.3 is 5.97 Å². The highest BCUT2D eigenvalue weighted by Gasteiger charge is 2.24. The predicted octanol–water partition coefficient (Wildman–Crippen LogP) is -0.599. The Morgan fingerprint density at radius 1 is 1.73 bits per heavy atom. The standard InChI is InChI=1S/C5H9ClN2O3/c1-3(9)8(6)4(2-7)5(10)11/h4H,2,7H2,1H3,(H,10,11)/t4-/m0/s1. The van der Waals surface area contributed by atoms with Gasteiger partial charge in [0.2, 0.25) is 5.91 Å². The van der Waals surface area contributed by atoms with Gasteiger partial charge in [-0.1, -0.05) is 0 Å². The molecule has 0 radical (unpaired) electrons. The minimum Gasteiger partial charge on any atom is -0.480 e. The number of rotatable bonds is 3. The molecular weight excluding hydrogens is 172 g/mol. The summed E-state index contributed by atoms with van der Waals surface area (Å²) in [5.41, 5.74) is 5.05. The number of halogens is 1. The van der Waals surface area contributed by atoms with Gasteiger partial charge < -0.3 is 10.8 Å². The zero-order chi connectivity index (χ0) is 9.02. The molecule has 0 rings (SSSR count). The highest BCUT2D eigenvalue weighted by Crippen LogP contribution is 2.02. The number of amides is 1. The van der Waals surface area contributed by atoms with Crippen molar-refractivity contribution in [3.63, 3.8) is 0 Å². The molecule has 0 aliphatic carbocycles. The van der Waals surface area contributed by atoms with Gasteiger partial charge in [-0.05, 0) is 0 Å². The van der Waals surface area contributed by atoms with Crippen LogP contribution in [-0.4, -0.2) is 34.0 Å². The van der Waals surface area contributed by atoms with Crippen LogP contribution in [0.15, 0.2) is 0 Å². The molecule has 0 saturated carbocycles. The van der Waals surface area contributed by atoms with Gasteiger partial charge in [-0.3, -0.25) is 4.79 Å². The van der Waals surface area contributed by atoms with Crippen LogP contribution in [0.2, 0.25) is 0 Å². The van der Waals surface area contributed by atoms with Crippen LogP contribution in [0.4, 0.5) is 0 Å². The first-order valence-electron chi connectivity index (χ1n) is 2.89. The lowest BCUT2D eigenvalue weighted by molar-refractivity contribution is -0.145. The highest BCUT2D eigenvalue weighted by atomic mass is 35.5. The molecule has 0 spiro atoms. The van der Waals surface area contributed by atoms with Crippen molar-refractivity contribution in [2.24, 2.45) is 5.73 Å². The number of nitrogens with two attached hydrogens (primary N) is 1. The number of carboxylic acid groups (broad SMARTS) is 1. The molecule has 3 N–H and O–H groups in total. The lowest BCUT2D eigenvalue weighted by atomic mass is 10.3. The molecule has 11 heavy (non-hydrogen) atoms. The molecule has 0 aromatic carbocycles. The Labute approximate surface area is 68.8 Å². The fourth-order valence-electron chi connectivity index (χ4n) is 0.510. The summed E-state index contributed by atoms with van der Waals surface area (Å²) in [6.07, 6.45) is 0. The second-order valence-corrected chi connectivity index (χ2v) is 2.28. The normalized spacial score (nSPS) is 12.3. The van der Waals surface area contributed by atoms with Crippen LogP contribution in [0.3, 0.4) is 0 Å². The van der Waals surface area contributed by atoms with Crippen LogP contribution >= 0.6 is 11.8 Å². The average Bonchev–Trinajstić information content (AvgIpc) is 1.88. The van der Waals surface area contributed by atoms with Crippen LogP contribution in [0.1, 0.15) is 6.92 Å². The van der Waals surface area contributed by atoms with E-state index in [1.165, 1.54) is 6.92 Å². The smallest absolute Gasteiger partial charge is 0.329 e. The maximum absolute atomic E-state index is 10.5. The van der Waals surface area contributed by atoms with Gasteiger partial charge in [-0.2, -0.15) is 0 Å². The summed E-state index contributed by atoms with van der Waals surface area (Å²) in [5.74, 6) is -1.75. The molecule has 0 unspecified atom stereocenters. The molecule has 0 fully saturated rings. The summed E-state index contributed by atoms with van der Waals surface area (Å²) in [6.45, 7) is 0.969. The van der Waals surface area contributed by atoms with Crippen molar-refractivity contribution in [1.29, 1.82) is 0 Å². The largest absolute Gasteiger partial charge is 0.480 e. The Bertz CT molecular complexity index is 173. The third kappa shape index (κ3) is 2.73.